The molecule has 1 rings (SSSR count). The summed E-state index contributed by atoms with van der Waals surface area (Å²) in [6.07, 6.45) is 0.708. The summed E-state index contributed by atoms with van der Waals surface area (Å²) in [4.78, 5) is 0. The summed E-state index contributed by atoms with van der Waals surface area (Å²) in [7, 11) is 0. The van der Waals surface area contributed by atoms with Crippen LogP contribution >= 0.6 is 0 Å². The molecular formula is C4H8O2. The van der Waals surface area contributed by atoms with Crippen molar-refractivity contribution < 1.29 is 10.8 Å². The van der Waals surface area contributed by atoms with Gasteiger partial charge in [-0.15, -0.1) is 0 Å². The lowest BCUT2D eigenvalue weighted by atomic mass is 10.5. The molecule has 1 aliphatic heterocycles. The first kappa shape index (κ1) is 2.99. The maximum Gasteiger partial charge on any atom is 0.146 e. The van der Waals surface area contributed by atoms with Crippen LogP contribution in [0.25, 0.3) is 0 Å². The van der Waals surface area contributed by atoms with E-state index in [9.17, 15) is 0 Å². The standard InChI is InChI=1S/C4H8O2/c1-2-5-4-6-3-1/h1-4H2/i2D. The van der Waals surface area contributed by atoms with Gasteiger partial charge in [-0.25, -0.2) is 0 Å². The summed E-state index contributed by atoms with van der Waals surface area (Å²) in [5.41, 5.74) is 0. The summed E-state index contributed by atoms with van der Waals surface area (Å²) in [6.45, 7) is 0.635. The molecule has 0 radical (unpaired) electrons. The Bertz CT molecular complexity index is 51.7. The Labute approximate surface area is 38.5 Å². The fourth-order valence-electron chi connectivity index (χ4n) is 0.370. The van der Waals surface area contributed by atoms with Gasteiger partial charge in [0.05, 0.1) is 14.6 Å². The van der Waals surface area contributed by atoms with Crippen LogP contribution in [-0.4, -0.2) is 20.0 Å². The van der Waals surface area contributed by atoms with Gasteiger partial charge >= 0.3 is 0 Å². The molecule has 1 fully saturated rings. The van der Waals surface area contributed by atoms with Crippen molar-refractivity contribution in [3.8, 4) is 0 Å². The molecule has 0 bridgehead atoms. The summed E-state index contributed by atoms with van der Waals surface area (Å²) in [5, 5.41) is 0. The Kier molecular flexibility index (Phi) is 1.08. The van der Waals surface area contributed by atoms with Gasteiger partial charge in [-0.3, -0.25) is 0 Å². The van der Waals surface area contributed by atoms with Crippen molar-refractivity contribution in [2.24, 2.45) is 0 Å². The number of rotatable bonds is 0. The zero-order valence-electron chi connectivity index (χ0n) is 4.52. The van der Waals surface area contributed by atoms with E-state index in [2.05, 4.69) is 0 Å². The average molecular weight is 89.1 g/mol. The largest absolute Gasteiger partial charge is 0.355 e. The summed E-state index contributed by atoms with van der Waals surface area (Å²) < 4.78 is 16.5. The lowest BCUT2D eigenvalue weighted by Crippen LogP contribution is -2.11. The predicted molar refractivity (Wildman–Crippen MR) is 21.4 cm³/mol. The minimum Gasteiger partial charge on any atom is -0.355 e. The molecule has 0 saturated carbocycles. The third-order valence-corrected chi connectivity index (χ3v) is 0.649. The average Bonchev–Trinajstić information content (AvgIpc) is 1.69. The van der Waals surface area contributed by atoms with Gasteiger partial charge in [-0.2, -0.15) is 0 Å². The van der Waals surface area contributed by atoms with Crippen LogP contribution in [0.3, 0.4) is 0 Å². The van der Waals surface area contributed by atoms with E-state index in [-0.39, 0.29) is 6.58 Å². The third kappa shape index (κ3) is 0.954. The van der Waals surface area contributed by atoms with Crippen LogP contribution in [0.4, 0.5) is 0 Å². The fourth-order valence-corrected chi connectivity index (χ4v) is 0.370. The second-order valence-corrected chi connectivity index (χ2v) is 1.15. The maximum atomic E-state index is 6.97. The Morgan fingerprint density at radius 2 is 2.50 bits per heavy atom. The van der Waals surface area contributed by atoms with Crippen LogP contribution in [0.2, 0.25) is 0 Å². The van der Waals surface area contributed by atoms with Gasteiger partial charge in [0.15, 0.2) is 0 Å². The zero-order chi connectivity index (χ0) is 5.11. The minimum atomic E-state index is -0.339. The molecule has 0 spiro atoms. The molecule has 1 atom stereocenters. The number of hydrogen-bond acceptors (Lipinski definition) is 2. The van der Waals surface area contributed by atoms with Gasteiger partial charge in [0.1, 0.15) is 6.79 Å². The second-order valence-electron chi connectivity index (χ2n) is 1.15. The molecule has 0 aromatic carbocycles. The van der Waals surface area contributed by atoms with Crippen molar-refractivity contribution in [1.82, 2.24) is 0 Å². The monoisotopic (exact) mass is 89.1 g/mol. The van der Waals surface area contributed by atoms with Crippen LogP contribution in [0.15, 0.2) is 0 Å². The topological polar surface area (TPSA) is 18.5 Å². The van der Waals surface area contributed by atoms with Gasteiger partial charge in [0.25, 0.3) is 0 Å². The Balaban J connectivity index is 2.12. The smallest absolute Gasteiger partial charge is 0.146 e. The SMILES string of the molecule is [2H]C1CCOCO1. The summed E-state index contributed by atoms with van der Waals surface area (Å²) >= 11 is 0. The number of ether oxygens (including phenoxy) is 2. The van der Waals surface area contributed by atoms with Gasteiger partial charge in [-0.1, -0.05) is 0 Å². The molecule has 1 unspecified atom stereocenters. The first-order valence-corrected chi connectivity index (χ1v) is 2.01. The molecule has 1 aliphatic rings. The first-order valence-electron chi connectivity index (χ1n) is 2.59. The lowest BCUT2D eigenvalue weighted by molar-refractivity contribution is -0.0963. The van der Waals surface area contributed by atoms with Crippen LogP contribution < -0.4 is 0 Å². The van der Waals surface area contributed by atoms with Crippen molar-refractivity contribution in [1.29, 1.82) is 0 Å². The molecule has 0 amide bonds. The van der Waals surface area contributed by atoms with Crippen molar-refractivity contribution in [2.45, 2.75) is 6.42 Å². The van der Waals surface area contributed by atoms with Gasteiger partial charge in [-0.05, 0) is 6.42 Å². The van der Waals surface area contributed by atoms with Gasteiger partial charge in [0, 0.05) is 0 Å². The van der Waals surface area contributed by atoms with Crippen LogP contribution in [0, 0.1) is 0 Å². The summed E-state index contributed by atoms with van der Waals surface area (Å²) in [5.74, 6) is 0. The molecular weight excluding hydrogens is 80.0 g/mol. The van der Waals surface area contributed by atoms with E-state index in [1.54, 1.807) is 0 Å². The third-order valence-electron chi connectivity index (χ3n) is 0.649. The van der Waals surface area contributed by atoms with E-state index in [0.717, 1.165) is 0 Å². The first-order chi connectivity index (χ1) is 3.39. The highest BCUT2D eigenvalue weighted by Gasteiger charge is 1.94. The van der Waals surface area contributed by atoms with Crippen LogP contribution in [0.5, 0.6) is 0 Å². The Morgan fingerprint density at radius 1 is 1.50 bits per heavy atom. The molecule has 6 heavy (non-hydrogen) atoms. The highest BCUT2D eigenvalue weighted by molar-refractivity contribution is 4.34. The van der Waals surface area contributed by atoms with Crippen molar-refractivity contribution >= 4 is 0 Å². The van der Waals surface area contributed by atoms with E-state index >= 15 is 0 Å². The van der Waals surface area contributed by atoms with Crippen molar-refractivity contribution in [2.75, 3.05) is 20.0 Å². The molecule has 0 aromatic rings. The normalized spacial score (nSPS) is 38.7. The molecule has 0 aliphatic carbocycles. The van der Waals surface area contributed by atoms with E-state index in [1.165, 1.54) is 0 Å². The maximum absolute atomic E-state index is 6.97. The molecule has 0 N–H and O–H groups in total. The number of hydrogen-bond donors (Lipinski definition) is 0. The Morgan fingerprint density at radius 3 is 2.83 bits per heavy atom. The zero-order valence-corrected chi connectivity index (χ0v) is 3.52. The minimum absolute atomic E-state index is 0.300. The van der Waals surface area contributed by atoms with Crippen LogP contribution in [0.1, 0.15) is 7.79 Å². The highest BCUT2D eigenvalue weighted by Crippen LogP contribution is 1.91. The molecule has 1 saturated heterocycles. The highest BCUT2D eigenvalue weighted by atomic mass is 16.7. The lowest BCUT2D eigenvalue weighted by Gasteiger charge is -2.09. The van der Waals surface area contributed by atoms with E-state index in [1.807, 2.05) is 0 Å². The molecule has 2 heteroatoms. The van der Waals surface area contributed by atoms with Gasteiger partial charge < -0.3 is 9.47 Å². The molecule has 2 nitrogen and oxygen atoms in total. The Hall–Kier alpha value is -0.0800. The molecule has 1 heterocycles. The second kappa shape index (κ2) is 2.16. The van der Waals surface area contributed by atoms with Crippen molar-refractivity contribution in [3.63, 3.8) is 0 Å². The van der Waals surface area contributed by atoms with Crippen LogP contribution in [-0.2, 0) is 9.47 Å². The predicted octanol–water partition coefficient (Wildman–Crippen LogP) is 0.381. The van der Waals surface area contributed by atoms with E-state index < -0.39 is 0 Å². The quantitative estimate of drug-likeness (QED) is 0.427. The van der Waals surface area contributed by atoms with E-state index in [0.29, 0.717) is 19.8 Å². The molecule has 0 aromatic heterocycles. The van der Waals surface area contributed by atoms with Gasteiger partial charge in [0.2, 0.25) is 0 Å². The fraction of sp³-hybridized carbons (Fsp3) is 1.00. The summed E-state index contributed by atoms with van der Waals surface area (Å²) in [6, 6.07) is 0. The van der Waals surface area contributed by atoms with E-state index in [4.69, 9.17) is 10.8 Å². The van der Waals surface area contributed by atoms with Crippen molar-refractivity contribution in [3.05, 3.63) is 0 Å². The molecule has 36 valence electrons.